The molecule has 0 saturated carbocycles. The Hall–Kier alpha value is -1.98. The van der Waals surface area contributed by atoms with E-state index in [1.165, 1.54) is 11.8 Å². The fraction of sp³-hybridized carbons (Fsp3) is 0.222. The van der Waals surface area contributed by atoms with Crippen molar-refractivity contribution in [3.63, 3.8) is 0 Å². The van der Waals surface area contributed by atoms with Crippen LogP contribution in [0.3, 0.4) is 0 Å². The number of nitrogens with one attached hydrogen (secondary N) is 1. The summed E-state index contributed by atoms with van der Waals surface area (Å²) in [6.07, 6.45) is 0. The van der Waals surface area contributed by atoms with Crippen molar-refractivity contribution in [2.45, 2.75) is 12.7 Å². The zero-order valence-electron chi connectivity index (χ0n) is 13.3. The molecule has 126 valence electrons. The van der Waals surface area contributed by atoms with Gasteiger partial charge in [0.15, 0.2) is 0 Å². The average Bonchev–Trinajstić information content (AvgIpc) is 2.57. The fourth-order valence-corrected chi connectivity index (χ4v) is 2.92. The first-order valence-electron chi connectivity index (χ1n) is 7.48. The topological polar surface area (TPSA) is 55.4 Å². The number of anilines is 1. The first kappa shape index (κ1) is 18.4. The monoisotopic (exact) mass is 363 g/mol. The summed E-state index contributed by atoms with van der Waals surface area (Å²) in [6.45, 7) is 2.03. The molecule has 1 N–H and O–H groups in total. The molecule has 0 aliphatic carbocycles. The van der Waals surface area contributed by atoms with Crippen molar-refractivity contribution >= 4 is 40.9 Å². The van der Waals surface area contributed by atoms with E-state index in [1.54, 1.807) is 31.2 Å². The normalized spacial score (nSPS) is 10.2. The summed E-state index contributed by atoms with van der Waals surface area (Å²) in [5, 5.41) is 3.46. The minimum atomic E-state index is -0.442. The summed E-state index contributed by atoms with van der Waals surface area (Å²) in [5.74, 6) is 0.400. The van der Waals surface area contributed by atoms with Gasteiger partial charge in [-0.15, -0.1) is 11.8 Å². The number of rotatable bonds is 7. The Bertz CT molecular complexity index is 704. The van der Waals surface area contributed by atoms with Gasteiger partial charge in [-0.05, 0) is 36.8 Å². The summed E-state index contributed by atoms with van der Waals surface area (Å²) in [7, 11) is 0. The van der Waals surface area contributed by atoms with E-state index in [4.69, 9.17) is 16.3 Å². The van der Waals surface area contributed by atoms with Gasteiger partial charge in [0.05, 0.1) is 23.6 Å². The number of carbonyl (C=O) groups excluding carboxylic acids is 2. The van der Waals surface area contributed by atoms with E-state index in [0.29, 0.717) is 27.8 Å². The highest BCUT2D eigenvalue weighted by molar-refractivity contribution is 7.99. The van der Waals surface area contributed by atoms with E-state index in [1.807, 2.05) is 24.3 Å². The summed E-state index contributed by atoms with van der Waals surface area (Å²) in [6, 6.07) is 14.3. The first-order chi connectivity index (χ1) is 11.6. The Labute approximate surface area is 150 Å². The van der Waals surface area contributed by atoms with Crippen molar-refractivity contribution in [1.29, 1.82) is 0 Å². The summed E-state index contributed by atoms with van der Waals surface area (Å²) >= 11 is 7.33. The van der Waals surface area contributed by atoms with Gasteiger partial charge in [-0.1, -0.05) is 35.9 Å². The summed E-state index contributed by atoms with van der Waals surface area (Å²) in [4.78, 5) is 24.0. The Kier molecular flexibility index (Phi) is 7.15. The van der Waals surface area contributed by atoms with Gasteiger partial charge in [-0.2, -0.15) is 0 Å². The number of halogens is 1. The van der Waals surface area contributed by atoms with E-state index < -0.39 is 5.97 Å². The van der Waals surface area contributed by atoms with Crippen LogP contribution in [0.15, 0.2) is 48.5 Å². The number of esters is 1. The summed E-state index contributed by atoms with van der Waals surface area (Å²) < 4.78 is 4.99. The Morgan fingerprint density at radius 3 is 2.54 bits per heavy atom. The van der Waals surface area contributed by atoms with Crippen molar-refractivity contribution in [1.82, 2.24) is 0 Å². The predicted molar refractivity (Wildman–Crippen MR) is 98.6 cm³/mol. The van der Waals surface area contributed by atoms with Crippen LogP contribution in [0.1, 0.15) is 22.8 Å². The van der Waals surface area contributed by atoms with Gasteiger partial charge < -0.3 is 10.1 Å². The molecule has 0 atom stereocenters. The highest BCUT2D eigenvalue weighted by atomic mass is 35.5. The molecule has 0 aliphatic rings. The fourth-order valence-electron chi connectivity index (χ4n) is 2.01. The van der Waals surface area contributed by atoms with Gasteiger partial charge in [0, 0.05) is 10.8 Å². The Morgan fingerprint density at radius 1 is 1.12 bits per heavy atom. The second-order valence-electron chi connectivity index (χ2n) is 4.93. The number of thioether (sulfide) groups is 1. The number of hydrogen-bond donors (Lipinski definition) is 1. The smallest absolute Gasteiger partial charge is 0.340 e. The van der Waals surface area contributed by atoms with Crippen LogP contribution in [0.5, 0.6) is 0 Å². The molecule has 6 heteroatoms. The molecule has 2 rings (SSSR count). The van der Waals surface area contributed by atoms with Gasteiger partial charge in [0.25, 0.3) is 0 Å². The molecular weight excluding hydrogens is 346 g/mol. The molecule has 0 radical (unpaired) electrons. The molecule has 0 saturated heterocycles. The highest BCUT2D eigenvalue weighted by Gasteiger charge is 2.13. The lowest BCUT2D eigenvalue weighted by molar-refractivity contribution is -0.113. The van der Waals surface area contributed by atoms with Crippen LogP contribution in [0.4, 0.5) is 5.69 Å². The molecule has 4 nitrogen and oxygen atoms in total. The van der Waals surface area contributed by atoms with Crippen LogP contribution < -0.4 is 5.32 Å². The lowest BCUT2D eigenvalue weighted by atomic mass is 10.2. The molecule has 0 fully saturated rings. The number of para-hydroxylation sites is 1. The van der Waals surface area contributed by atoms with Crippen molar-refractivity contribution in [2.24, 2.45) is 0 Å². The molecule has 0 aromatic heterocycles. The second-order valence-corrected chi connectivity index (χ2v) is 6.36. The first-order valence-corrected chi connectivity index (χ1v) is 9.01. The summed E-state index contributed by atoms with van der Waals surface area (Å²) in [5.41, 5.74) is 1.92. The van der Waals surface area contributed by atoms with E-state index in [9.17, 15) is 9.59 Å². The SMILES string of the molecule is CCOC(=O)c1ccccc1NC(=O)CSCc1ccc(Cl)cc1. The molecule has 0 unspecified atom stereocenters. The third-order valence-electron chi connectivity index (χ3n) is 3.11. The second kappa shape index (κ2) is 9.35. The van der Waals surface area contributed by atoms with Gasteiger partial charge in [0.1, 0.15) is 0 Å². The zero-order valence-corrected chi connectivity index (χ0v) is 14.8. The number of amides is 1. The van der Waals surface area contributed by atoms with Crippen LogP contribution >= 0.6 is 23.4 Å². The molecule has 2 aromatic rings. The van der Waals surface area contributed by atoms with Gasteiger partial charge >= 0.3 is 5.97 Å². The number of hydrogen-bond acceptors (Lipinski definition) is 4. The standard InChI is InChI=1S/C18H18ClNO3S/c1-2-23-18(22)15-5-3-4-6-16(15)20-17(21)12-24-11-13-7-9-14(19)10-8-13/h3-10H,2,11-12H2,1H3,(H,20,21). The highest BCUT2D eigenvalue weighted by Crippen LogP contribution is 2.18. The molecule has 2 aromatic carbocycles. The number of benzene rings is 2. The number of carbonyl (C=O) groups is 2. The molecule has 1 amide bonds. The Balaban J connectivity index is 1.88. The molecule has 0 heterocycles. The predicted octanol–water partition coefficient (Wildman–Crippen LogP) is 4.39. The maximum atomic E-state index is 12.1. The van der Waals surface area contributed by atoms with Crippen LogP contribution in [0.25, 0.3) is 0 Å². The van der Waals surface area contributed by atoms with Crippen LogP contribution in [-0.4, -0.2) is 24.2 Å². The zero-order chi connectivity index (χ0) is 17.4. The largest absolute Gasteiger partial charge is 0.462 e. The lowest BCUT2D eigenvalue weighted by Crippen LogP contribution is -2.17. The van der Waals surface area contributed by atoms with Gasteiger partial charge in [0.2, 0.25) is 5.91 Å². The minimum absolute atomic E-state index is 0.161. The average molecular weight is 364 g/mol. The van der Waals surface area contributed by atoms with Crippen molar-refractivity contribution in [2.75, 3.05) is 17.7 Å². The molecular formula is C18H18ClNO3S. The van der Waals surface area contributed by atoms with Gasteiger partial charge in [-0.25, -0.2) is 4.79 Å². The van der Waals surface area contributed by atoms with Crippen molar-refractivity contribution in [3.8, 4) is 0 Å². The maximum Gasteiger partial charge on any atom is 0.340 e. The Morgan fingerprint density at radius 2 is 1.83 bits per heavy atom. The van der Waals surface area contributed by atoms with Crippen LogP contribution in [0.2, 0.25) is 5.02 Å². The molecule has 0 bridgehead atoms. The van der Waals surface area contributed by atoms with Crippen molar-refractivity contribution in [3.05, 3.63) is 64.7 Å². The van der Waals surface area contributed by atoms with Crippen LogP contribution in [0, 0.1) is 0 Å². The molecule has 0 spiro atoms. The van der Waals surface area contributed by atoms with E-state index >= 15 is 0 Å². The third-order valence-corrected chi connectivity index (χ3v) is 4.37. The number of ether oxygens (including phenoxy) is 1. The van der Waals surface area contributed by atoms with Crippen LogP contribution in [-0.2, 0) is 15.3 Å². The van der Waals surface area contributed by atoms with Gasteiger partial charge in [-0.3, -0.25) is 4.79 Å². The maximum absolute atomic E-state index is 12.1. The van der Waals surface area contributed by atoms with E-state index in [-0.39, 0.29) is 12.5 Å². The lowest BCUT2D eigenvalue weighted by Gasteiger charge is -2.10. The molecule has 24 heavy (non-hydrogen) atoms. The minimum Gasteiger partial charge on any atom is -0.462 e. The van der Waals surface area contributed by atoms with E-state index in [2.05, 4.69) is 5.32 Å². The quantitative estimate of drug-likeness (QED) is 0.741. The molecule has 0 aliphatic heterocycles. The van der Waals surface area contributed by atoms with Crippen molar-refractivity contribution < 1.29 is 14.3 Å². The third kappa shape index (κ3) is 5.58. The van der Waals surface area contributed by atoms with E-state index in [0.717, 1.165) is 5.56 Å².